The summed E-state index contributed by atoms with van der Waals surface area (Å²) in [6, 6.07) is 48.7. The van der Waals surface area contributed by atoms with E-state index in [4.69, 9.17) is 47.4 Å². The van der Waals surface area contributed by atoms with Gasteiger partial charge in [-0.15, -0.1) is 35.6 Å². The first-order chi connectivity index (χ1) is 62.2. The summed E-state index contributed by atoms with van der Waals surface area (Å²) in [6.45, 7) is 37.6. The Morgan fingerprint density at radius 3 is 0.985 bits per heavy atom. The minimum absolute atomic E-state index is 0. The van der Waals surface area contributed by atoms with Gasteiger partial charge in [-0.25, -0.2) is 45.6 Å². The van der Waals surface area contributed by atoms with Crippen LogP contribution in [-0.2, 0) is 123 Å². The van der Waals surface area contributed by atoms with Gasteiger partial charge in [0, 0.05) is 36.9 Å². The number of nitro benzene ring substituents is 2. The van der Waals surface area contributed by atoms with Gasteiger partial charge in [0.25, 0.3) is 11.4 Å². The van der Waals surface area contributed by atoms with Crippen LogP contribution in [0.3, 0.4) is 0 Å². The third kappa shape index (κ3) is 49.1. The molecule has 2 amide bonds. The Labute approximate surface area is 834 Å². The van der Waals surface area contributed by atoms with Gasteiger partial charge < -0.3 is 79.3 Å². The number of nitro groups is 2. The fraction of sp³-hybridized carbons (Fsp3) is 0.362. The monoisotopic (exact) mass is 2160 g/mol. The van der Waals surface area contributed by atoms with Crippen LogP contribution in [0.5, 0.6) is 23.0 Å². The van der Waals surface area contributed by atoms with Gasteiger partial charge in [0.2, 0.25) is 0 Å². The number of nitrogens with zero attached hydrogens (tertiary/aromatic N) is 8. The number of hydrogen-bond acceptors (Lipinski definition) is 30. The number of pyridine rings is 3. The SMILES string of the molecule is CC(=O)[C@H](Cc1[c-]cc(OC(=O)OC(C)(C)C)c(OC(=O)OC(C)(C)C)c1)NC(=O)OC(C)(C)C.CC(=O)[C@H](Cc1[c-]cc(OC(=O)OC(C)(C)C)c(OC(=O)OC(C)(C)C)c1)NC(=O)OC(C)(C)C.O=[N+]([O-])c1ccccc1S(=O)(=O)[N-]c1ccccc1-c1ccccn1.O=[N+]([O-])c1ccccc1S(=O)(=O)[N-]c1ccccc1-c1ccccn1.[Ag+].[CH2-]CCN(C)C.[Ni+2].[Ni][Br].c1ccncc1. The molecule has 0 bridgehead atoms. The van der Waals surface area contributed by atoms with Crippen LogP contribution in [0.2, 0.25) is 0 Å². The van der Waals surface area contributed by atoms with Crippen LogP contribution in [-0.4, -0.2) is 161 Å². The number of benzene rings is 6. The summed E-state index contributed by atoms with van der Waals surface area (Å²) >= 11 is 6.25. The Hall–Kier alpha value is -11.8. The molecule has 0 saturated heterocycles. The van der Waals surface area contributed by atoms with Crippen molar-refractivity contribution >= 4 is 105 Å². The number of nitrogens with one attached hydrogen (secondary N) is 2. The van der Waals surface area contributed by atoms with Crippen LogP contribution in [0.25, 0.3) is 32.0 Å². The number of ether oxygens (including phenoxy) is 10. The predicted molar refractivity (Wildman–Crippen MR) is 501 cm³/mol. The number of ketones is 2. The van der Waals surface area contributed by atoms with Crippen molar-refractivity contribution in [2.24, 2.45) is 0 Å². The number of Topliss-reactive ketones (excluding diaryl/α,β-unsaturated/α-hetero) is 2. The molecule has 42 heteroatoms. The summed E-state index contributed by atoms with van der Waals surface area (Å²) in [4.78, 5) is 131. The van der Waals surface area contributed by atoms with Crippen molar-refractivity contribution < 1.29 is 165 Å². The predicted octanol–water partition coefficient (Wildman–Crippen LogP) is 21.1. The molecule has 136 heavy (non-hydrogen) atoms. The first-order valence-electron chi connectivity index (χ1n) is 40.8. The molecule has 0 aliphatic rings. The Morgan fingerprint density at radius 2 is 0.735 bits per heavy atom. The van der Waals surface area contributed by atoms with Gasteiger partial charge in [-0.1, -0.05) is 91.0 Å². The molecule has 3 aromatic heterocycles. The normalized spacial score (nSPS) is 11.5. The number of amides is 2. The maximum absolute atomic E-state index is 12.6. The molecule has 6 aromatic carbocycles. The quantitative estimate of drug-likeness (QED) is 0.0108. The fourth-order valence-electron chi connectivity index (χ4n) is 10.2. The molecule has 2 N–H and O–H groups in total. The topological polar surface area (TPSA) is 478 Å². The third-order valence-corrected chi connectivity index (χ3v) is 18.1. The van der Waals surface area contributed by atoms with Crippen LogP contribution >= 0.6 is 14.2 Å². The number of aromatic nitrogens is 3. The molecule has 0 radical (unpaired) electrons. The van der Waals surface area contributed by atoms with Gasteiger partial charge >= 0.3 is 104 Å². The zero-order chi connectivity index (χ0) is 101. The molecule has 36 nitrogen and oxygen atoms in total. The Bertz CT molecular complexity index is 5280. The van der Waals surface area contributed by atoms with E-state index < -0.39 is 134 Å². The van der Waals surface area contributed by atoms with Gasteiger partial charge in [-0.2, -0.15) is 29.7 Å². The van der Waals surface area contributed by atoms with E-state index in [0.717, 1.165) is 25.1 Å². The summed E-state index contributed by atoms with van der Waals surface area (Å²) in [5.41, 5.74) is -2.54. The van der Waals surface area contributed by atoms with Crippen LogP contribution < -0.4 is 29.6 Å². The van der Waals surface area contributed by atoms with Crippen molar-refractivity contribution in [2.45, 2.75) is 213 Å². The van der Waals surface area contributed by atoms with Crippen molar-refractivity contribution in [3.05, 3.63) is 261 Å². The van der Waals surface area contributed by atoms with E-state index in [-0.39, 0.29) is 97.7 Å². The molecular formula is C94H113AgBrN10Ni2O26S2-2. The van der Waals surface area contributed by atoms with Crippen LogP contribution in [0.15, 0.2) is 211 Å². The van der Waals surface area contributed by atoms with Gasteiger partial charge in [0.15, 0.2) is 11.6 Å². The number of sulfonamides is 2. The third-order valence-electron chi connectivity index (χ3n) is 15.4. The molecule has 2 atom stereocenters. The largest absolute Gasteiger partial charge is 0.265 e. The zero-order valence-electron chi connectivity index (χ0n) is 79.1. The minimum Gasteiger partial charge on any atom is -0.265 e. The maximum atomic E-state index is 12.6. The van der Waals surface area contributed by atoms with E-state index in [1.54, 1.807) is 222 Å². The van der Waals surface area contributed by atoms with E-state index in [1.807, 2.05) is 32.3 Å². The maximum Gasteiger partial charge on any atom is 0.0267 e. The molecule has 0 unspecified atom stereocenters. The summed E-state index contributed by atoms with van der Waals surface area (Å²) < 4.78 is 110. The average Bonchev–Trinajstić information content (AvgIpc) is 0.795. The number of halogens is 1. The second-order valence-corrected chi connectivity index (χ2v) is 37.5. The number of rotatable bonds is 24. The van der Waals surface area contributed by atoms with Gasteiger partial charge in [0.05, 0.1) is 56.3 Å². The second-order valence-electron chi connectivity index (χ2n) is 34.4. The van der Waals surface area contributed by atoms with E-state index in [9.17, 15) is 75.4 Å². The van der Waals surface area contributed by atoms with Gasteiger partial charge in [0.1, 0.15) is 63.4 Å². The standard InChI is InChI=1S/2C25H36NO9.2C17H12N3O4S.C5H5N.C5H12N.Ag.BrH.2Ni/c2*1-15(27)17(26-20(28)33-23(2,3)4)13-16-11-12-18(31-21(29)34-24(5,6)7)19(14-16)32-22(30)35-25(8,9)10;2*21-20(22)16-10-3-4-11-17(16)25(23,24)19-15-9-2-1-7-13(15)14-8-5-6-12-18-14;1-2-4-6-5-3-1;1-4-5-6(2)3;;;;/h2*12,14,17H,13H2,1-10H3,(H,26,28);2*1-12H;1-5H;1,4-5H2,2-3H3;;1H;;/q4*-1;;-1;+1;;+1;+2/p-1/t2*17-;;;;;;;;/m00......../s1. The molecule has 0 aliphatic carbocycles. The first kappa shape index (κ1) is 122. The molecule has 0 fully saturated rings. The molecule has 0 aliphatic heterocycles. The number of carbonyl (C=O) groups excluding carboxylic acids is 8. The summed E-state index contributed by atoms with van der Waals surface area (Å²) in [6.07, 6.45) is 2.09. The molecule has 747 valence electrons. The number of alkyl carbamates (subject to hydrolysis) is 2. The second kappa shape index (κ2) is 57.3. The van der Waals surface area contributed by atoms with Crippen LogP contribution in [0.4, 0.5) is 51.5 Å². The molecule has 9 rings (SSSR count). The molecule has 9 aromatic rings. The van der Waals surface area contributed by atoms with E-state index in [0.29, 0.717) is 33.6 Å². The summed E-state index contributed by atoms with van der Waals surface area (Å²) in [5, 5.41) is 27.2. The molecular weight excluding hydrogens is 2050 g/mol. The zero-order valence-corrected chi connectivity index (χ0v) is 85.7. The smallest absolute Gasteiger partial charge is 0.0267 e. The van der Waals surface area contributed by atoms with Gasteiger partial charge in [-0.05, 0) is 232 Å². The Kier molecular flexibility index (Phi) is 51.5. The van der Waals surface area contributed by atoms with Gasteiger partial charge in [-0.3, -0.25) is 44.8 Å². The Balaban J connectivity index is 0.000000865. The first-order valence-corrected chi connectivity index (χ1v) is 46.1. The van der Waals surface area contributed by atoms with Crippen LogP contribution in [0, 0.1) is 39.3 Å². The summed E-state index contributed by atoms with van der Waals surface area (Å²) in [7, 11) is -4.43. The Morgan fingerprint density at radius 1 is 0.449 bits per heavy atom. The molecule has 0 spiro atoms. The van der Waals surface area contributed by atoms with E-state index in [1.165, 1.54) is 86.6 Å². The van der Waals surface area contributed by atoms with E-state index in [2.05, 4.69) is 86.9 Å². The summed E-state index contributed by atoms with van der Waals surface area (Å²) in [5.74, 6) is -1.25. The van der Waals surface area contributed by atoms with E-state index >= 15 is 0 Å². The van der Waals surface area contributed by atoms with Crippen molar-refractivity contribution in [1.82, 2.24) is 30.5 Å². The molecule has 0 saturated carbocycles. The number of hydrogen-bond donors (Lipinski definition) is 2. The fourth-order valence-corrected chi connectivity index (χ4v) is 12.5. The average molecular weight is 2170 g/mol. The van der Waals surface area contributed by atoms with Crippen molar-refractivity contribution in [3.63, 3.8) is 0 Å². The van der Waals surface area contributed by atoms with Crippen molar-refractivity contribution in [1.29, 1.82) is 0 Å². The van der Waals surface area contributed by atoms with Crippen molar-refractivity contribution in [3.8, 4) is 45.5 Å². The van der Waals surface area contributed by atoms with Crippen LogP contribution in [0.1, 0.15) is 156 Å². The number of para-hydroxylation sites is 2. The number of carbonyl (C=O) groups is 8. The van der Waals surface area contributed by atoms with Crippen molar-refractivity contribution in [2.75, 3.05) is 20.6 Å². The minimum atomic E-state index is -4.26. The molecule has 3 heterocycles.